The van der Waals surface area contributed by atoms with Crippen molar-refractivity contribution in [2.24, 2.45) is 5.92 Å². The summed E-state index contributed by atoms with van der Waals surface area (Å²) in [5.74, 6) is 0.434. The molecular formula is C21H25FN2O. The highest BCUT2D eigenvalue weighted by molar-refractivity contribution is 5.74. The predicted octanol–water partition coefficient (Wildman–Crippen LogP) is 4.03. The Kier molecular flexibility index (Phi) is 6.04. The van der Waals surface area contributed by atoms with Gasteiger partial charge in [0.05, 0.1) is 0 Å². The van der Waals surface area contributed by atoms with E-state index >= 15 is 0 Å². The molecule has 3 nitrogen and oxygen atoms in total. The summed E-state index contributed by atoms with van der Waals surface area (Å²) in [6.45, 7) is 2.05. The maximum absolute atomic E-state index is 13.6. The molecule has 1 saturated heterocycles. The first kappa shape index (κ1) is 17.5. The van der Waals surface area contributed by atoms with Crippen LogP contribution in [0.4, 0.5) is 9.18 Å². The zero-order valence-electron chi connectivity index (χ0n) is 14.5. The van der Waals surface area contributed by atoms with Crippen LogP contribution in [0.1, 0.15) is 24.0 Å². The largest absolute Gasteiger partial charge is 0.338 e. The van der Waals surface area contributed by atoms with Gasteiger partial charge in [-0.05, 0) is 48.8 Å². The second kappa shape index (κ2) is 8.65. The fourth-order valence-electron chi connectivity index (χ4n) is 3.40. The maximum Gasteiger partial charge on any atom is 0.317 e. The standard InChI is InChI=1S/C21H25FN2O/c22-20-9-5-4-8-19(20)10-13-23-21(25)24-14-11-18(12-15-24)16-17-6-2-1-3-7-17/h1-9,18H,10-16H2,(H,23,25). The molecule has 132 valence electrons. The molecule has 0 aliphatic carbocycles. The average Bonchev–Trinajstić information content (AvgIpc) is 2.65. The summed E-state index contributed by atoms with van der Waals surface area (Å²) in [7, 11) is 0. The monoisotopic (exact) mass is 340 g/mol. The van der Waals surface area contributed by atoms with E-state index < -0.39 is 0 Å². The van der Waals surface area contributed by atoms with Gasteiger partial charge in [0.1, 0.15) is 5.82 Å². The molecule has 0 radical (unpaired) electrons. The Bertz CT molecular complexity index is 681. The summed E-state index contributed by atoms with van der Waals surface area (Å²) in [5.41, 5.74) is 2.01. The van der Waals surface area contributed by atoms with Gasteiger partial charge in [0.15, 0.2) is 0 Å². The number of nitrogens with zero attached hydrogens (tertiary/aromatic N) is 1. The molecule has 2 aromatic rings. The number of nitrogens with one attached hydrogen (secondary N) is 1. The van der Waals surface area contributed by atoms with Crippen molar-refractivity contribution in [2.75, 3.05) is 19.6 Å². The first-order chi connectivity index (χ1) is 12.2. The van der Waals surface area contributed by atoms with E-state index in [-0.39, 0.29) is 11.8 Å². The van der Waals surface area contributed by atoms with Gasteiger partial charge in [-0.1, -0.05) is 48.5 Å². The molecule has 0 saturated carbocycles. The number of hydrogen-bond donors (Lipinski definition) is 1. The fourth-order valence-corrected chi connectivity index (χ4v) is 3.40. The summed E-state index contributed by atoms with van der Waals surface area (Å²) in [5, 5.41) is 2.91. The molecule has 1 N–H and O–H groups in total. The van der Waals surface area contributed by atoms with Gasteiger partial charge in [-0.25, -0.2) is 9.18 Å². The molecule has 1 heterocycles. The molecule has 1 aliphatic heterocycles. The van der Waals surface area contributed by atoms with Gasteiger partial charge in [-0.15, -0.1) is 0 Å². The number of piperidine rings is 1. The minimum Gasteiger partial charge on any atom is -0.338 e. The number of carbonyl (C=O) groups is 1. The summed E-state index contributed by atoms with van der Waals surface area (Å²) in [6, 6.07) is 17.2. The molecule has 4 heteroatoms. The van der Waals surface area contributed by atoms with Crippen LogP contribution in [0.2, 0.25) is 0 Å². The number of carbonyl (C=O) groups excluding carboxylic acids is 1. The zero-order valence-corrected chi connectivity index (χ0v) is 14.5. The lowest BCUT2D eigenvalue weighted by molar-refractivity contribution is 0.170. The van der Waals surface area contributed by atoms with Gasteiger partial charge >= 0.3 is 6.03 Å². The van der Waals surface area contributed by atoms with Gasteiger partial charge in [-0.2, -0.15) is 0 Å². The number of benzene rings is 2. The van der Waals surface area contributed by atoms with Crippen molar-refractivity contribution in [3.63, 3.8) is 0 Å². The van der Waals surface area contributed by atoms with E-state index in [1.54, 1.807) is 12.1 Å². The van der Waals surface area contributed by atoms with Crippen LogP contribution in [-0.2, 0) is 12.8 Å². The van der Waals surface area contributed by atoms with Crippen LogP contribution in [0.3, 0.4) is 0 Å². The lowest BCUT2D eigenvalue weighted by atomic mass is 9.90. The van der Waals surface area contributed by atoms with E-state index in [2.05, 4.69) is 29.6 Å². The van der Waals surface area contributed by atoms with E-state index in [1.165, 1.54) is 11.6 Å². The molecule has 0 unspecified atom stereocenters. The van der Waals surface area contributed by atoms with Crippen LogP contribution >= 0.6 is 0 Å². The number of hydrogen-bond acceptors (Lipinski definition) is 1. The highest BCUT2D eigenvalue weighted by Gasteiger charge is 2.22. The normalized spacial score (nSPS) is 15.2. The lowest BCUT2D eigenvalue weighted by Crippen LogP contribution is -2.45. The van der Waals surface area contributed by atoms with E-state index in [4.69, 9.17) is 0 Å². The lowest BCUT2D eigenvalue weighted by Gasteiger charge is -2.32. The van der Waals surface area contributed by atoms with Crippen LogP contribution in [0, 0.1) is 11.7 Å². The average molecular weight is 340 g/mol. The van der Waals surface area contributed by atoms with Crippen LogP contribution < -0.4 is 5.32 Å². The minimum absolute atomic E-state index is 0.0329. The van der Waals surface area contributed by atoms with Crippen LogP contribution in [-0.4, -0.2) is 30.6 Å². The Hall–Kier alpha value is -2.36. The highest BCUT2D eigenvalue weighted by atomic mass is 19.1. The molecular weight excluding hydrogens is 315 g/mol. The Morgan fingerprint density at radius 1 is 1.04 bits per heavy atom. The SMILES string of the molecule is O=C(NCCc1ccccc1F)N1CCC(Cc2ccccc2)CC1. The highest BCUT2D eigenvalue weighted by Crippen LogP contribution is 2.21. The van der Waals surface area contributed by atoms with Crippen molar-refractivity contribution in [2.45, 2.75) is 25.7 Å². The number of likely N-dealkylation sites (tertiary alicyclic amines) is 1. The Labute approximate surface area is 148 Å². The number of urea groups is 1. The van der Waals surface area contributed by atoms with Crippen molar-refractivity contribution in [1.29, 1.82) is 0 Å². The Morgan fingerprint density at radius 3 is 2.44 bits per heavy atom. The third-order valence-corrected chi connectivity index (χ3v) is 4.90. The van der Waals surface area contributed by atoms with Crippen molar-refractivity contribution in [1.82, 2.24) is 10.2 Å². The molecule has 0 atom stereocenters. The van der Waals surface area contributed by atoms with E-state index in [0.29, 0.717) is 24.4 Å². The van der Waals surface area contributed by atoms with Gasteiger partial charge < -0.3 is 10.2 Å². The Morgan fingerprint density at radius 2 is 1.72 bits per heavy atom. The number of amides is 2. The summed E-state index contributed by atoms with van der Waals surface area (Å²) < 4.78 is 13.6. The van der Waals surface area contributed by atoms with E-state index in [9.17, 15) is 9.18 Å². The third-order valence-electron chi connectivity index (χ3n) is 4.90. The van der Waals surface area contributed by atoms with E-state index in [1.807, 2.05) is 17.0 Å². The van der Waals surface area contributed by atoms with Crippen LogP contribution in [0.5, 0.6) is 0 Å². The molecule has 2 amide bonds. The van der Waals surface area contributed by atoms with Gasteiger partial charge in [0.25, 0.3) is 0 Å². The molecule has 25 heavy (non-hydrogen) atoms. The van der Waals surface area contributed by atoms with Crippen molar-refractivity contribution < 1.29 is 9.18 Å². The Balaban J connectivity index is 1.39. The summed E-state index contributed by atoms with van der Waals surface area (Å²) in [6.07, 6.45) is 3.68. The minimum atomic E-state index is -0.210. The molecule has 3 rings (SSSR count). The van der Waals surface area contributed by atoms with Gasteiger partial charge in [0, 0.05) is 19.6 Å². The molecule has 1 aliphatic rings. The maximum atomic E-state index is 13.6. The van der Waals surface area contributed by atoms with Crippen LogP contribution in [0.15, 0.2) is 54.6 Å². The second-order valence-electron chi connectivity index (χ2n) is 6.69. The third kappa shape index (κ3) is 5.05. The van der Waals surface area contributed by atoms with Crippen molar-refractivity contribution in [3.05, 3.63) is 71.5 Å². The first-order valence-corrected chi connectivity index (χ1v) is 9.02. The second-order valence-corrected chi connectivity index (χ2v) is 6.69. The van der Waals surface area contributed by atoms with E-state index in [0.717, 1.165) is 32.4 Å². The molecule has 1 fully saturated rings. The number of halogens is 1. The van der Waals surface area contributed by atoms with Gasteiger partial charge in [-0.3, -0.25) is 0 Å². The molecule has 2 aromatic carbocycles. The summed E-state index contributed by atoms with van der Waals surface area (Å²) in [4.78, 5) is 14.1. The summed E-state index contributed by atoms with van der Waals surface area (Å²) >= 11 is 0. The molecule has 0 spiro atoms. The quantitative estimate of drug-likeness (QED) is 0.875. The fraction of sp³-hybridized carbons (Fsp3) is 0.381. The smallest absolute Gasteiger partial charge is 0.317 e. The van der Waals surface area contributed by atoms with Gasteiger partial charge in [0.2, 0.25) is 0 Å². The molecule has 0 aromatic heterocycles. The van der Waals surface area contributed by atoms with Crippen molar-refractivity contribution in [3.8, 4) is 0 Å². The zero-order chi connectivity index (χ0) is 17.5. The predicted molar refractivity (Wildman–Crippen MR) is 97.9 cm³/mol. The number of rotatable bonds is 5. The van der Waals surface area contributed by atoms with Crippen LogP contribution in [0.25, 0.3) is 0 Å². The van der Waals surface area contributed by atoms with Crippen molar-refractivity contribution >= 4 is 6.03 Å². The molecule has 0 bridgehead atoms. The topological polar surface area (TPSA) is 32.3 Å². The first-order valence-electron chi connectivity index (χ1n) is 9.02.